The van der Waals surface area contributed by atoms with E-state index >= 15 is 0 Å². The summed E-state index contributed by atoms with van der Waals surface area (Å²) in [4.78, 5) is 51.4. The van der Waals surface area contributed by atoms with Gasteiger partial charge in [0.25, 0.3) is 11.5 Å². The number of halogens is 2. The third-order valence-electron chi connectivity index (χ3n) is 10.5. The molecule has 2 aromatic heterocycles. The summed E-state index contributed by atoms with van der Waals surface area (Å²) in [5, 5.41) is 3.37. The molecule has 4 aliphatic rings. The van der Waals surface area contributed by atoms with E-state index in [9.17, 15) is 23.2 Å². The predicted molar refractivity (Wildman–Crippen MR) is 190 cm³/mol. The van der Waals surface area contributed by atoms with Crippen molar-refractivity contribution in [3.05, 3.63) is 129 Å². The van der Waals surface area contributed by atoms with Crippen molar-refractivity contribution in [2.24, 2.45) is 10.7 Å². The van der Waals surface area contributed by atoms with Gasteiger partial charge in [-0.1, -0.05) is 36.4 Å². The molecule has 1 saturated carbocycles. The fourth-order valence-electron chi connectivity index (χ4n) is 7.93. The number of aromatic nitrogens is 3. The summed E-state index contributed by atoms with van der Waals surface area (Å²) in [6, 6.07) is 16.2. The molecule has 13 heteroatoms. The number of nitrogens with zero attached hydrogens (tertiary/aromatic N) is 6. The van der Waals surface area contributed by atoms with Gasteiger partial charge in [0, 0.05) is 57.7 Å². The van der Waals surface area contributed by atoms with Gasteiger partial charge in [-0.15, -0.1) is 0 Å². The molecule has 5 heterocycles. The Bertz CT molecular complexity index is 2290. The van der Waals surface area contributed by atoms with Crippen LogP contribution in [-0.4, -0.2) is 67.5 Å². The first-order valence-corrected chi connectivity index (χ1v) is 17.2. The highest BCUT2D eigenvalue weighted by atomic mass is 19.1. The van der Waals surface area contributed by atoms with Gasteiger partial charge < -0.3 is 11.1 Å². The monoisotopic (exact) mass is 691 g/mol. The summed E-state index contributed by atoms with van der Waals surface area (Å²) < 4.78 is 31.8. The summed E-state index contributed by atoms with van der Waals surface area (Å²) in [6.07, 6.45) is 8.59. The summed E-state index contributed by atoms with van der Waals surface area (Å²) in [7, 11) is 0. The number of fused-ring (bicyclic) bond motifs is 2. The van der Waals surface area contributed by atoms with Gasteiger partial charge in [-0.2, -0.15) is 4.99 Å². The van der Waals surface area contributed by atoms with Crippen LogP contribution in [0, 0.1) is 5.82 Å². The molecule has 1 unspecified atom stereocenters. The average Bonchev–Trinajstić information content (AvgIpc) is 3.54. The standard InChI is InChI=1S/C38H36F2N8O3/c39-27-8-13-34-44-33(35(41)49)23-48(34,22-27)31-11-9-29(10-12-31)47-37(50)32-19-28(40)20-43-36(32)46(38(47)51)30-3-1-2-26(18-30)25-6-4-24(5-7-25)21-45-16-14-42-15-17-45/h1-8,13,18-20,22-23,29,31,42H,9-12,14-17,21H2,(H-,41,49)/p+1. The number of amidine groups is 1. The van der Waals surface area contributed by atoms with Crippen LogP contribution >= 0.6 is 0 Å². The lowest BCUT2D eigenvalue weighted by molar-refractivity contribution is -0.763. The summed E-state index contributed by atoms with van der Waals surface area (Å²) >= 11 is 0. The lowest BCUT2D eigenvalue weighted by atomic mass is 9.88. The Labute approximate surface area is 291 Å². The Morgan fingerprint density at radius 2 is 1.71 bits per heavy atom. The Morgan fingerprint density at radius 3 is 2.45 bits per heavy atom. The summed E-state index contributed by atoms with van der Waals surface area (Å²) in [6.45, 7) is 4.86. The number of piperazine rings is 1. The van der Waals surface area contributed by atoms with Crippen molar-refractivity contribution < 1.29 is 18.1 Å². The highest BCUT2D eigenvalue weighted by Crippen LogP contribution is 2.40. The highest BCUT2D eigenvalue weighted by Gasteiger charge is 2.47. The molecule has 2 aromatic carbocycles. The maximum Gasteiger partial charge on any atom is 0.337 e. The van der Waals surface area contributed by atoms with Gasteiger partial charge >= 0.3 is 5.69 Å². The van der Waals surface area contributed by atoms with Crippen LogP contribution in [0.2, 0.25) is 0 Å². The van der Waals surface area contributed by atoms with Crippen molar-refractivity contribution in [1.29, 1.82) is 0 Å². The second kappa shape index (κ2) is 13.1. The van der Waals surface area contributed by atoms with Crippen molar-refractivity contribution >= 4 is 22.8 Å². The van der Waals surface area contributed by atoms with Crippen LogP contribution in [0.15, 0.2) is 111 Å². The van der Waals surface area contributed by atoms with Crippen LogP contribution in [0.4, 0.5) is 8.78 Å². The zero-order valence-electron chi connectivity index (χ0n) is 27.8. The third kappa shape index (κ3) is 5.96. The van der Waals surface area contributed by atoms with E-state index in [0.717, 1.165) is 56.1 Å². The maximum absolute atomic E-state index is 14.7. The average molecular weight is 692 g/mol. The molecule has 0 radical (unpaired) electrons. The lowest BCUT2D eigenvalue weighted by Crippen LogP contribution is -2.52. The molecule has 4 aromatic rings. The molecule has 1 aliphatic carbocycles. The number of primary amides is 1. The van der Waals surface area contributed by atoms with Crippen LogP contribution in [-0.2, 0) is 11.3 Å². The van der Waals surface area contributed by atoms with Gasteiger partial charge in [-0.05, 0) is 53.8 Å². The first kappa shape index (κ1) is 32.8. The molecule has 2 fully saturated rings. The molecule has 3 aliphatic heterocycles. The number of amides is 1. The molecular weight excluding hydrogens is 654 g/mol. The first-order valence-electron chi connectivity index (χ1n) is 17.2. The molecule has 0 bridgehead atoms. The number of aliphatic imine (C=N–C) groups is 1. The Balaban J connectivity index is 1.12. The van der Waals surface area contributed by atoms with Crippen molar-refractivity contribution in [3.63, 3.8) is 0 Å². The number of quaternary nitrogens is 1. The lowest BCUT2D eigenvalue weighted by Gasteiger charge is -2.40. The van der Waals surface area contributed by atoms with Crippen LogP contribution in [0.25, 0.3) is 27.8 Å². The van der Waals surface area contributed by atoms with Gasteiger partial charge in [0.2, 0.25) is 5.84 Å². The van der Waals surface area contributed by atoms with E-state index in [1.54, 1.807) is 12.3 Å². The predicted octanol–water partition coefficient (Wildman–Crippen LogP) is 4.18. The Kier molecular flexibility index (Phi) is 8.41. The fraction of sp³-hybridized carbons (Fsp3) is 0.289. The van der Waals surface area contributed by atoms with Crippen LogP contribution in [0.3, 0.4) is 0 Å². The van der Waals surface area contributed by atoms with Gasteiger partial charge in [0.05, 0.1) is 17.3 Å². The minimum atomic E-state index is -0.707. The smallest absolute Gasteiger partial charge is 0.337 e. The number of benzene rings is 2. The molecule has 1 atom stereocenters. The number of rotatable bonds is 7. The Hall–Kier alpha value is -5.37. The van der Waals surface area contributed by atoms with E-state index in [4.69, 9.17) is 5.73 Å². The minimum Gasteiger partial charge on any atom is -0.364 e. The molecule has 3 N–H and O–H groups in total. The number of hydrogen-bond acceptors (Lipinski definition) is 7. The second-order valence-corrected chi connectivity index (χ2v) is 13.6. The molecule has 1 saturated heterocycles. The number of nitrogens with two attached hydrogens (primary N) is 1. The van der Waals surface area contributed by atoms with Crippen molar-refractivity contribution in [3.8, 4) is 16.8 Å². The quantitative estimate of drug-likeness (QED) is 0.280. The maximum atomic E-state index is 14.7. The molecule has 1 amide bonds. The summed E-state index contributed by atoms with van der Waals surface area (Å²) in [5.41, 5.74) is 8.02. The number of carbonyl (C=O) groups is 1. The van der Waals surface area contributed by atoms with E-state index in [-0.39, 0.29) is 27.3 Å². The highest BCUT2D eigenvalue weighted by molar-refractivity contribution is 6.00. The first-order chi connectivity index (χ1) is 24.7. The van der Waals surface area contributed by atoms with Crippen LogP contribution < -0.4 is 22.3 Å². The number of pyridine rings is 1. The van der Waals surface area contributed by atoms with Crippen molar-refractivity contribution in [1.82, 2.24) is 24.3 Å². The van der Waals surface area contributed by atoms with E-state index in [1.807, 2.05) is 18.2 Å². The topological polar surface area (TPSA) is 128 Å². The van der Waals surface area contributed by atoms with Crippen molar-refractivity contribution in [2.45, 2.75) is 44.3 Å². The number of carbonyl (C=O) groups excluding carboxylic acids is 1. The second-order valence-electron chi connectivity index (χ2n) is 13.6. The van der Waals surface area contributed by atoms with Crippen LogP contribution in [0.1, 0.15) is 37.3 Å². The van der Waals surface area contributed by atoms with Gasteiger partial charge in [-0.25, -0.2) is 27.6 Å². The van der Waals surface area contributed by atoms with Gasteiger partial charge in [0.15, 0.2) is 17.2 Å². The molecular formula is C38H37F2N8O3+. The molecule has 11 nitrogen and oxygen atoms in total. The van der Waals surface area contributed by atoms with E-state index in [0.29, 0.717) is 37.2 Å². The van der Waals surface area contributed by atoms with E-state index in [1.165, 1.54) is 33.0 Å². The van der Waals surface area contributed by atoms with Crippen molar-refractivity contribution in [2.75, 3.05) is 26.2 Å². The molecule has 51 heavy (non-hydrogen) atoms. The van der Waals surface area contributed by atoms with E-state index in [2.05, 4.69) is 44.5 Å². The minimum absolute atomic E-state index is 0.00423. The fourth-order valence-corrected chi connectivity index (χ4v) is 7.93. The zero-order chi connectivity index (χ0) is 35.3. The largest absolute Gasteiger partial charge is 0.364 e. The Morgan fingerprint density at radius 1 is 0.941 bits per heavy atom. The summed E-state index contributed by atoms with van der Waals surface area (Å²) in [5.74, 6) is -1.37. The van der Waals surface area contributed by atoms with Gasteiger partial charge in [0.1, 0.15) is 24.3 Å². The number of allylic oxidation sites excluding steroid dienone is 2. The molecule has 0 spiro atoms. The molecule has 260 valence electrons. The third-order valence-corrected chi connectivity index (χ3v) is 10.5. The number of nitrogens with one attached hydrogen (secondary N) is 1. The number of hydrogen-bond donors (Lipinski definition) is 2. The van der Waals surface area contributed by atoms with E-state index < -0.39 is 34.8 Å². The SMILES string of the molecule is NC(=O)C1=C[N+]2(C3CCC(n4c(=O)c5cc(F)cnc5n(-c5cccc(-c6ccc(CN7CCNCC7)cc6)c5)c4=O)CC3)C=C(F)C=CC2=N1. The zero-order valence-corrected chi connectivity index (χ0v) is 27.8. The normalized spacial score (nSPS) is 23.5. The van der Waals surface area contributed by atoms with Gasteiger partial charge in [-0.3, -0.25) is 19.1 Å². The molecule has 8 rings (SSSR count). The van der Waals surface area contributed by atoms with Crippen LogP contribution in [0.5, 0.6) is 0 Å².